The Labute approximate surface area is 114 Å². The third-order valence-corrected chi connectivity index (χ3v) is 3.45. The minimum atomic E-state index is -1.26. The fourth-order valence-electron chi connectivity index (χ4n) is 1.78. The van der Waals surface area contributed by atoms with Crippen LogP contribution in [0.3, 0.4) is 0 Å². The Morgan fingerprint density at radius 1 is 1.50 bits per heavy atom. The van der Waals surface area contributed by atoms with Crippen molar-refractivity contribution in [2.24, 2.45) is 7.05 Å². The highest BCUT2D eigenvalue weighted by molar-refractivity contribution is 5.77. The van der Waals surface area contributed by atoms with Gasteiger partial charge in [-0.3, -0.25) is 4.79 Å². The standard InChI is InChI=1S/C12H15N5O3/c1-4-12(2,11(19)20)17-10(13-14-15-17)8-5-6-16(3)9(18)7-8/h5-7H,4H2,1-3H3,(H,19,20). The minimum Gasteiger partial charge on any atom is -0.479 e. The molecule has 106 valence electrons. The molecule has 0 aliphatic carbocycles. The number of rotatable bonds is 4. The molecule has 0 saturated heterocycles. The number of carbonyl (C=O) groups is 1. The van der Waals surface area contributed by atoms with Crippen LogP contribution in [0.15, 0.2) is 23.1 Å². The highest BCUT2D eigenvalue weighted by Gasteiger charge is 2.37. The summed E-state index contributed by atoms with van der Waals surface area (Å²) in [6.45, 7) is 3.28. The van der Waals surface area contributed by atoms with Gasteiger partial charge in [0.2, 0.25) is 0 Å². The highest BCUT2D eigenvalue weighted by Crippen LogP contribution is 2.25. The molecule has 0 aliphatic heterocycles. The summed E-state index contributed by atoms with van der Waals surface area (Å²) in [4.78, 5) is 23.1. The summed E-state index contributed by atoms with van der Waals surface area (Å²) < 4.78 is 2.65. The quantitative estimate of drug-likeness (QED) is 0.859. The van der Waals surface area contributed by atoms with Gasteiger partial charge in [-0.05, 0) is 29.8 Å². The van der Waals surface area contributed by atoms with Crippen LogP contribution in [-0.4, -0.2) is 35.9 Å². The van der Waals surface area contributed by atoms with E-state index in [-0.39, 0.29) is 11.4 Å². The van der Waals surface area contributed by atoms with Gasteiger partial charge >= 0.3 is 5.97 Å². The lowest BCUT2D eigenvalue weighted by atomic mass is 9.99. The summed E-state index contributed by atoms with van der Waals surface area (Å²) in [5.74, 6) is -0.771. The molecular formula is C12H15N5O3. The van der Waals surface area contributed by atoms with Gasteiger partial charge in [0.25, 0.3) is 5.56 Å². The van der Waals surface area contributed by atoms with Gasteiger partial charge in [-0.2, -0.15) is 0 Å². The second-order valence-electron chi connectivity index (χ2n) is 4.71. The Kier molecular flexibility index (Phi) is 3.39. The molecule has 8 nitrogen and oxygen atoms in total. The Bertz CT molecular complexity index is 705. The maximum atomic E-state index is 11.7. The van der Waals surface area contributed by atoms with Crippen molar-refractivity contribution in [1.29, 1.82) is 0 Å². The van der Waals surface area contributed by atoms with Crippen LogP contribution < -0.4 is 5.56 Å². The van der Waals surface area contributed by atoms with Crippen LogP contribution in [-0.2, 0) is 17.4 Å². The van der Waals surface area contributed by atoms with Crippen molar-refractivity contribution < 1.29 is 9.90 Å². The number of pyridine rings is 1. The van der Waals surface area contributed by atoms with E-state index in [1.165, 1.54) is 22.2 Å². The molecule has 2 rings (SSSR count). The molecule has 1 unspecified atom stereocenters. The van der Waals surface area contributed by atoms with E-state index >= 15 is 0 Å². The van der Waals surface area contributed by atoms with E-state index in [9.17, 15) is 14.7 Å². The highest BCUT2D eigenvalue weighted by atomic mass is 16.4. The van der Waals surface area contributed by atoms with Gasteiger partial charge in [-0.1, -0.05) is 6.92 Å². The zero-order chi connectivity index (χ0) is 14.9. The van der Waals surface area contributed by atoms with Crippen molar-refractivity contribution >= 4 is 5.97 Å². The fraction of sp³-hybridized carbons (Fsp3) is 0.417. The third-order valence-electron chi connectivity index (χ3n) is 3.45. The average Bonchev–Trinajstić information content (AvgIpc) is 2.90. The van der Waals surface area contributed by atoms with E-state index < -0.39 is 11.5 Å². The molecule has 2 aromatic heterocycles. The Balaban J connectivity index is 2.61. The Morgan fingerprint density at radius 2 is 2.20 bits per heavy atom. The zero-order valence-corrected chi connectivity index (χ0v) is 11.4. The average molecular weight is 277 g/mol. The van der Waals surface area contributed by atoms with Gasteiger partial charge in [0.05, 0.1) is 0 Å². The molecule has 0 spiro atoms. The van der Waals surface area contributed by atoms with Crippen LogP contribution in [0, 0.1) is 0 Å². The SMILES string of the molecule is CCC(C)(C(=O)O)n1nnnc1-c1ccn(C)c(=O)c1. The van der Waals surface area contributed by atoms with Crippen LogP contribution in [0.25, 0.3) is 11.4 Å². The molecule has 0 fully saturated rings. The predicted octanol–water partition coefficient (Wildman–Crippen LogP) is 0.249. The number of tetrazole rings is 1. The molecule has 0 aromatic carbocycles. The van der Waals surface area contributed by atoms with Crippen molar-refractivity contribution in [3.63, 3.8) is 0 Å². The van der Waals surface area contributed by atoms with Crippen molar-refractivity contribution in [2.45, 2.75) is 25.8 Å². The number of carboxylic acids is 1. The minimum absolute atomic E-state index is 0.217. The number of nitrogens with zero attached hydrogens (tertiary/aromatic N) is 5. The first-order valence-electron chi connectivity index (χ1n) is 6.09. The van der Waals surface area contributed by atoms with Gasteiger partial charge < -0.3 is 9.67 Å². The summed E-state index contributed by atoms with van der Waals surface area (Å²) in [6, 6.07) is 3.04. The molecule has 0 aliphatic rings. The van der Waals surface area contributed by atoms with Crippen LogP contribution in [0.1, 0.15) is 20.3 Å². The summed E-state index contributed by atoms with van der Waals surface area (Å²) >= 11 is 0. The van der Waals surface area contributed by atoms with Gasteiger partial charge in [0, 0.05) is 24.9 Å². The summed E-state index contributed by atoms with van der Waals surface area (Å²) in [5.41, 5.74) is -0.996. The summed E-state index contributed by atoms with van der Waals surface area (Å²) in [5, 5.41) is 20.5. The van der Waals surface area contributed by atoms with Gasteiger partial charge in [-0.15, -0.1) is 5.10 Å². The molecule has 0 radical (unpaired) electrons. The first-order chi connectivity index (χ1) is 9.40. The van der Waals surface area contributed by atoms with Gasteiger partial charge in [0.1, 0.15) is 0 Å². The van der Waals surface area contributed by atoms with Gasteiger partial charge in [0.15, 0.2) is 11.4 Å². The van der Waals surface area contributed by atoms with E-state index in [0.717, 1.165) is 0 Å². The summed E-state index contributed by atoms with van der Waals surface area (Å²) in [6.07, 6.45) is 1.89. The molecule has 0 amide bonds. The van der Waals surface area contributed by atoms with E-state index in [4.69, 9.17) is 0 Å². The zero-order valence-electron chi connectivity index (χ0n) is 11.4. The molecule has 8 heteroatoms. The first kappa shape index (κ1) is 13.9. The lowest BCUT2D eigenvalue weighted by Crippen LogP contribution is -2.39. The van der Waals surface area contributed by atoms with Crippen molar-refractivity contribution in [3.8, 4) is 11.4 Å². The molecule has 0 bridgehead atoms. The molecule has 20 heavy (non-hydrogen) atoms. The largest absolute Gasteiger partial charge is 0.479 e. The molecule has 2 heterocycles. The third kappa shape index (κ3) is 2.09. The van der Waals surface area contributed by atoms with Crippen LogP contribution >= 0.6 is 0 Å². The molecular weight excluding hydrogens is 262 g/mol. The first-order valence-corrected chi connectivity index (χ1v) is 6.09. The molecule has 1 N–H and O–H groups in total. The number of aliphatic carboxylic acids is 1. The van der Waals surface area contributed by atoms with E-state index in [0.29, 0.717) is 12.0 Å². The van der Waals surface area contributed by atoms with Crippen LogP contribution in [0.5, 0.6) is 0 Å². The maximum absolute atomic E-state index is 11.7. The van der Waals surface area contributed by atoms with Crippen molar-refractivity contribution in [3.05, 3.63) is 28.7 Å². The number of carboxylic acid groups (broad SMARTS) is 1. The maximum Gasteiger partial charge on any atom is 0.331 e. The van der Waals surface area contributed by atoms with E-state index in [1.807, 2.05) is 0 Å². The van der Waals surface area contributed by atoms with E-state index in [1.54, 1.807) is 26.2 Å². The lowest BCUT2D eigenvalue weighted by Gasteiger charge is -2.23. The predicted molar refractivity (Wildman–Crippen MR) is 70.1 cm³/mol. The molecule has 2 aromatic rings. The second-order valence-corrected chi connectivity index (χ2v) is 4.71. The number of hydrogen-bond acceptors (Lipinski definition) is 5. The normalized spacial score (nSPS) is 13.9. The Hall–Kier alpha value is -2.51. The van der Waals surface area contributed by atoms with Crippen LogP contribution in [0.2, 0.25) is 0 Å². The number of aromatic nitrogens is 5. The van der Waals surface area contributed by atoms with Crippen molar-refractivity contribution in [2.75, 3.05) is 0 Å². The van der Waals surface area contributed by atoms with Crippen molar-refractivity contribution in [1.82, 2.24) is 24.8 Å². The number of aryl methyl sites for hydroxylation is 1. The molecule has 0 saturated carbocycles. The monoisotopic (exact) mass is 277 g/mol. The lowest BCUT2D eigenvalue weighted by molar-refractivity contribution is -0.147. The summed E-state index contributed by atoms with van der Waals surface area (Å²) in [7, 11) is 1.63. The van der Waals surface area contributed by atoms with Crippen LogP contribution in [0.4, 0.5) is 0 Å². The topological polar surface area (TPSA) is 103 Å². The van der Waals surface area contributed by atoms with Gasteiger partial charge in [-0.25, -0.2) is 9.48 Å². The Morgan fingerprint density at radius 3 is 2.75 bits per heavy atom. The molecule has 1 atom stereocenters. The smallest absolute Gasteiger partial charge is 0.331 e. The van der Waals surface area contributed by atoms with E-state index in [2.05, 4.69) is 15.5 Å². The number of hydrogen-bond donors (Lipinski definition) is 1. The fourth-order valence-corrected chi connectivity index (χ4v) is 1.78. The second kappa shape index (κ2) is 4.87.